The molecule has 0 unspecified atom stereocenters. The lowest BCUT2D eigenvalue weighted by molar-refractivity contribution is 0.194. The number of ether oxygens (including phenoxy) is 1. The molecule has 1 aromatic heterocycles. The minimum absolute atomic E-state index is 0.0424. The molecule has 102 valence electrons. The van der Waals surface area contributed by atoms with E-state index in [9.17, 15) is 9.50 Å². The van der Waals surface area contributed by atoms with E-state index in [0.29, 0.717) is 11.3 Å². The number of aliphatic hydroxyl groups is 1. The minimum atomic E-state index is -0.800. The maximum atomic E-state index is 13.8. The van der Waals surface area contributed by atoms with Crippen molar-refractivity contribution >= 4 is 0 Å². The molecule has 4 nitrogen and oxygen atoms in total. The number of nitrogens with zero attached hydrogens (tertiary/aromatic N) is 2. The number of para-hydroxylation sites is 1. The molecule has 0 bridgehead atoms. The molecule has 0 aliphatic carbocycles. The van der Waals surface area contributed by atoms with E-state index in [1.807, 2.05) is 13.8 Å². The summed E-state index contributed by atoms with van der Waals surface area (Å²) in [6, 6.07) is 4.68. The molecule has 1 heterocycles. The number of halogens is 1. The van der Waals surface area contributed by atoms with Crippen LogP contribution in [0.1, 0.15) is 38.5 Å². The van der Waals surface area contributed by atoms with Gasteiger partial charge in [0.05, 0.1) is 18.5 Å². The normalized spacial score (nSPS) is 12.7. The SMILES string of the molecule is CC(C)n1cc(Oc2c(F)cccc2[C@H](C)O)cn1. The number of benzene rings is 1. The Kier molecular flexibility index (Phi) is 3.85. The van der Waals surface area contributed by atoms with Gasteiger partial charge in [0.2, 0.25) is 0 Å². The van der Waals surface area contributed by atoms with Crippen LogP contribution in [0.2, 0.25) is 0 Å². The summed E-state index contributed by atoms with van der Waals surface area (Å²) in [4.78, 5) is 0. The molecule has 0 saturated heterocycles. The second-order valence-corrected chi connectivity index (χ2v) is 4.69. The summed E-state index contributed by atoms with van der Waals surface area (Å²) in [6.45, 7) is 5.54. The van der Waals surface area contributed by atoms with E-state index in [1.54, 1.807) is 29.9 Å². The molecule has 0 spiro atoms. The van der Waals surface area contributed by atoms with Crippen molar-refractivity contribution in [2.45, 2.75) is 32.9 Å². The van der Waals surface area contributed by atoms with E-state index < -0.39 is 11.9 Å². The van der Waals surface area contributed by atoms with Crippen molar-refractivity contribution in [2.24, 2.45) is 0 Å². The van der Waals surface area contributed by atoms with Gasteiger partial charge >= 0.3 is 0 Å². The Balaban J connectivity index is 2.32. The van der Waals surface area contributed by atoms with Crippen molar-refractivity contribution in [3.8, 4) is 11.5 Å². The molecule has 19 heavy (non-hydrogen) atoms. The monoisotopic (exact) mass is 264 g/mol. The van der Waals surface area contributed by atoms with Crippen LogP contribution in [0.5, 0.6) is 11.5 Å². The molecule has 0 radical (unpaired) electrons. The van der Waals surface area contributed by atoms with Crippen LogP contribution in [-0.4, -0.2) is 14.9 Å². The first-order valence-electron chi connectivity index (χ1n) is 6.17. The third-order valence-corrected chi connectivity index (χ3v) is 2.77. The molecular weight excluding hydrogens is 247 g/mol. The summed E-state index contributed by atoms with van der Waals surface area (Å²) in [5.74, 6) is -0.0165. The number of aliphatic hydroxyl groups excluding tert-OH is 1. The Bertz CT molecular complexity index is 564. The Labute approximate surface area is 111 Å². The van der Waals surface area contributed by atoms with Gasteiger partial charge in [-0.15, -0.1) is 0 Å². The van der Waals surface area contributed by atoms with Gasteiger partial charge in [-0.25, -0.2) is 4.39 Å². The first kappa shape index (κ1) is 13.5. The summed E-state index contributed by atoms with van der Waals surface area (Å²) in [6.07, 6.45) is 2.42. The van der Waals surface area contributed by atoms with Crippen LogP contribution in [0, 0.1) is 5.82 Å². The van der Waals surface area contributed by atoms with Gasteiger partial charge in [0, 0.05) is 11.6 Å². The van der Waals surface area contributed by atoms with Crippen LogP contribution in [0.15, 0.2) is 30.6 Å². The Morgan fingerprint density at radius 3 is 2.63 bits per heavy atom. The Morgan fingerprint density at radius 2 is 2.05 bits per heavy atom. The Hall–Kier alpha value is -1.88. The van der Waals surface area contributed by atoms with Gasteiger partial charge in [-0.3, -0.25) is 4.68 Å². The molecule has 0 fully saturated rings. The molecule has 1 N–H and O–H groups in total. The molecule has 5 heteroatoms. The van der Waals surface area contributed by atoms with Crippen molar-refractivity contribution in [1.82, 2.24) is 9.78 Å². The average molecular weight is 264 g/mol. The fourth-order valence-corrected chi connectivity index (χ4v) is 1.74. The largest absolute Gasteiger partial charge is 0.451 e. The highest BCUT2D eigenvalue weighted by atomic mass is 19.1. The zero-order chi connectivity index (χ0) is 14.0. The van der Waals surface area contributed by atoms with E-state index >= 15 is 0 Å². The summed E-state index contributed by atoms with van der Waals surface area (Å²) < 4.78 is 21.0. The number of hydrogen-bond donors (Lipinski definition) is 1. The van der Waals surface area contributed by atoms with E-state index in [4.69, 9.17) is 4.74 Å². The molecular formula is C14H17FN2O2. The molecule has 2 rings (SSSR count). The van der Waals surface area contributed by atoms with Crippen molar-refractivity contribution in [1.29, 1.82) is 0 Å². The zero-order valence-corrected chi connectivity index (χ0v) is 11.2. The van der Waals surface area contributed by atoms with Crippen LogP contribution in [0.4, 0.5) is 4.39 Å². The molecule has 1 atom stereocenters. The predicted octanol–water partition coefficient (Wildman–Crippen LogP) is 3.45. The quantitative estimate of drug-likeness (QED) is 0.920. The second kappa shape index (κ2) is 5.40. The van der Waals surface area contributed by atoms with Gasteiger partial charge in [-0.05, 0) is 26.8 Å². The van der Waals surface area contributed by atoms with Crippen LogP contribution in [0.3, 0.4) is 0 Å². The standard InChI is InChI=1S/C14H17FN2O2/c1-9(2)17-8-11(7-16-17)19-14-12(10(3)18)5-4-6-13(14)15/h4-10,18H,1-3H3/t10-/m0/s1. The van der Waals surface area contributed by atoms with Crippen molar-refractivity contribution < 1.29 is 14.2 Å². The van der Waals surface area contributed by atoms with Gasteiger partial charge in [-0.1, -0.05) is 12.1 Å². The van der Waals surface area contributed by atoms with E-state index in [-0.39, 0.29) is 11.8 Å². The van der Waals surface area contributed by atoms with E-state index in [2.05, 4.69) is 5.10 Å². The van der Waals surface area contributed by atoms with Crippen molar-refractivity contribution in [2.75, 3.05) is 0 Å². The van der Waals surface area contributed by atoms with Gasteiger partial charge in [0.25, 0.3) is 0 Å². The zero-order valence-electron chi connectivity index (χ0n) is 11.2. The lowest BCUT2D eigenvalue weighted by atomic mass is 10.1. The predicted molar refractivity (Wildman–Crippen MR) is 69.7 cm³/mol. The smallest absolute Gasteiger partial charge is 0.168 e. The van der Waals surface area contributed by atoms with Crippen molar-refractivity contribution in [3.63, 3.8) is 0 Å². The van der Waals surface area contributed by atoms with Gasteiger partial charge in [0.15, 0.2) is 17.3 Å². The Morgan fingerprint density at radius 1 is 1.32 bits per heavy atom. The maximum Gasteiger partial charge on any atom is 0.168 e. The molecule has 0 aliphatic heterocycles. The van der Waals surface area contributed by atoms with Crippen LogP contribution in [-0.2, 0) is 0 Å². The summed E-state index contributed by atoms with van der Waals surface area (Å²) >= 11 is 0. The van der Waals surface area contributed by atoms with E-state index in [1.165, 1.54) is 12.3 Å². The van der Waals surface area contributed by atoms with Gasteiger partial charge < -0.3 is 9.84 Å². The maximum absolute atomic E-state index is 13.8. The molecule has 0 amide bonds. The third kappa shape index (κ3) is 2.93. The lowest BCUT2D eigenvalue weighted by Gasteiger charge is -2.12. The molecule has 0 aliphatic rings. The average Bonchev–Trinajstić information content (AvgIpc) is 2.80. The fourth-order valence-electron chi connectivity index (χ4n) is 1.74. The van der Waals surface area contributed by atoms with Crippen LogP contribution < -0.4 is 4.74 Å². The number of hydrogen-bond acceptors (Lipinski definition) is 3. The second-order valence-electron chi connectivity index (χ2n) is 4.69. The molecule has 1 aromatic carbocycles. The lowest BCUT2D eigenvalue weighted by Crippen LogP contribution is -2.00. The topological polar surface area (TPSA) is 47.3 Å². The first-order valence-corrected chi connectivity index (χ1v) is 6.17. The van der Waals surface area contributed by atoms with Crippen LogP contribution in [0.25, 0.3) is 0 Å². The number of aromatic nitrogens is 2. The highest BCUT2D eigenvalue weighted by Crippen LogP contribution is 2.32. The fraction of sp³-hybridized carbons (Fsp3) is 0.357. The number of rotatable bonds is 4. The highest BCUT2D eigenvalue weighted by Gasteiger charge is 2.15. The third-order valence-electron chi connectivity index (χ3n) is 2.77. The van der Waals surface area contributed by atoms with Gasteiger partial charge in [0.1, 0.15) is 0 Å². The van der Waals surface area contributed by atoms with Gasteiger partial charge in [-0.2, -0.15) is 5.10 Å². The summed E-state index contributed by atoms with van der Waals surface area (Å²) in [7, 11) is 0. The first-order chi connectivity index (χ1) is 8.99. The highest BCUT2D eigenvalue weighted by molar-refractivity contribution is 5.39. The van der Waals surface area contributed by atoms with Crippen molar-refractivity contribution in [3.05, 3.63) is 42.0 Å². The van der Waals surface area contributed by atoms with Crippen LogP contribution >= 0.6 is 0 Å². The summed E-state index contributed by atoms with van der Waals surface area (Å²) in [5, 5.41) is 13.8. The minimum Gasteiger partial charge on any atom is -0.451 e. The molecule has 0 saturated carbocycles. The summed E-state index contributed by atoms with van der Waals surface area (Å²) in [5.41, 5.74) is 0.414. The molecule has 2 aromatic rings. The van der Waals surface area contributed by atoms with E-state index in [0.717, 1.165) is 0 Å².